The van der Waals surface area contributed by atoms with Crippen LogP contribution in [0.5, 0.6) is 5.75 Å². The van der Waals surface area contributed by atoms with Crippen LogP contribution in [0.15, 0.2) is 67.5 Å². The molecule has 1 rings (SSSR count). The first kappa shape index (κ1) is 21.3. The molecule has 0 aliphatic heterocycles. The lowest BCUT2D eigenvalue weighted by atomic mass is 10.3. The molecule has 1 aromatic rings. The lowest BCUT2D eigenvalue weighted by molar-refractivity contribution is 0.148. The van der Waals surface area contributed by atoms with Gasteiger partial charge in [0.25, 0.3) is 0 Å². The van der Waals surface area contributed by atoms with E-state index in [1.165, 1.54) is 6.26 Å². The summed E-state index contributed by atoms with van der Waals surface area (Å²) in [6.45, 7) is 9.09. The quantitative estimate of drug-likeness (QED) is 0.320. The number of alkyl carbamates (subject to hydrolysis) is 1. The number of rotatable bonds is 9. The highest BCUT2D eigenvalue weighted by Crippen LogP contribution is 2.07. The summed E-state index contributed by atoms with van der Waals surface area (Å²) >= 11 is 0. The number of carbonyl (C=O) groups is 1. The predicted molar refractivity (Wildman–Crippen MR) is 97.1 cm³/mol. The van der Waals surface area contributed by atoms with E-state index >= 15 is 0 Å². The smallest absolute Gasteiger partial charge is 0.407 e. The predicted octanol–water partition coefficient (Wildman–Crippen LogP) is 4.09. The van der Waals surface area contributed by atoms with Gasteiger partial charge >= 0.3 is 6.09 Å². The van der Waals surface area contributed by atoms with Crippen LogP contribution < -0.4 is 10.1 Å². The highest BCUT2D eigenvalue weighted by Gasteiger charge is 1.96. The number of ether oxygens (including phenoxy) is 3. The van der Waals surface area contributed by atoms with E-state index < -0.39 is 6.09 Å². The number of nitrogens with one attached hydrogen (secondary N) is 1. The van der Waals surface area contributed by atoms with Crippen LogP contribution in [-0.2, 0) is 9.47 Å². The van der Waals surface area contributed by atoms with E-state index in [9.17, 15) is 4.79 Å². The fraction of sp³-hybridized carbons (Fsp3) is 0.316. The number of hydrogen-bond acceptors (Lipinski definition) is 4. The Balaban J connectivity index is 0.000000446. The maximum atomic E-state index is 10.7. The van der Waals surface area contributed by atoms with Gasteiger partial charge in [-0.05, 0) is 32.1 Å². The number of hydrogen-bond donors (Lipinski definition) is 1. The van der Waals surface area contributed by atoms with E-state index in [4.69, 9.17) is 9.47 Å². The van der Waals surface area contributed by atoms with Gasteiger partial charge in [-0.25, -0.2) is 4.79 Å². The molecule has 0 spiro atoms. The molecule has 24 heavy (non-hydrogen) atoms. The first-order valence-electron chi connectivity index (χ1n) is 7.83. The van der Waals surface area contributed by atoms with Gasteiger partial charge in [0.1, 0.15) is 19.0 Å². The number of benzene rings is 1. The van der Waals surface area contributed by atoms with Crippen LogP contribution in [-0.4, -0.2) is 32.5 Å². The van der Waals surface area contributed by atoms with Crippen LogP contribution in [0.25, 0.3) is 0 Å². The van der Waals surface area contributed by atoms with Crippen molar-refractivity contribution in [3.05, 3.63) is 67.5 Å². The van der Waals surface area contributed by atoms with Gasteiger partial charge in [-0.1, -0.05) is 43.0 Å². The molecule has 0 fully saturated rings. The van der Waals surface area contributed by atoms with Gasteiger partial charge in [0, 0.05) is 0 Å². The zero-order valence-corrected chi connectivity index (χ0v) is 14.4. The van der Waals surface area contributed by atoms with E-state index in [1.807, 2.05) is 49.4 Å². The van der Waals surface area contributed by atoms with Crippen molar-refractivity contribution in [3.63, 3.8) is 0 Å². The third-order valence-electron chi connectivity index (χ3n) is 2.40. The molecule has 1 aromatic carbocycles. The van der Waals surface area contributed by atoms with E-state index in [-0.39, 0.29) is 0 Å². The summed E-state index contributed by atoms with van der Waals surface area (Å²) in [7, 11) is 0. The van der Waals surface area contributed by atoms with E-state index in [1.54, 1.807) is 19.1 Å². The molecule has 0 aliphatic carbocycles. The average Bonchev–Trinajstić information content (AvgIpc) is 2.60. The molecule has 0 radical (unpaired) electrons. The van der Waals surface area contributed by atoms with Gasteiger partial charge < -0.3 is 19.5 Å². The maximum absolute atomic E-state index is 10.7. The monoisotopic (exact) mass is 333 g/mol. The minimum Gasteiger partial charge on any atom is -0.499 e. The minimum absolute atomic E-state index is 0.378. The van der Waals surface area contributed by atoms with Crippen LogP contribution in [0.2, 0.25) is 0 Å². The Morgan fingerprint density at radius 1 is 1.29 bits per heavy atom. The lowest BCUT2D eigenvalue weighted by Gasteiger charge is -2.04. The zero-order chi connectivity index (χ0) is 17.9. The number of carbonyl (C=O) groups excluding carboxylic acids is 1. The third kappa shape index (κ3) is 14.3. The van der Waals surface area contributed by atoms with Crippen molar-refractivity contribution in [2.45, 2.75) is 13.8 Å². The molecule has 0 saturated heterocycles. The Morgan fingerprint density at radius 2 is 2.04 bits per heavy atom. The normalized spacial score (nSPS) is 9.92. The van der Waals surface area contributed by atoms with Gasteiger partial charge in [0.15, 0.2) is 0 Å². The van der Waals surface area contributed by atoms with Crippen molar-refractivity contribution < 1.29 is 19.0 Å². The van der Waals surface area contributed by atoms with Gasteiger partial charge in [-0.15, -0.1) is 0 Å². The summed E-state index contributed by atoms with van der Waals surface area (Å²) in [5.41, 5.74) is 0. The molecule has 5 nitrogen and oxygen atoms in total. The molecule has 0 saturated carbocycles. The maximum Gasteiger partial charge on any atom is 0.407 e. The first-order chi connectivity index (χ1) is 11.7. The summed E-state index contributed by atoms with van der Waals surface area (Å²) in [6.07, 6.45) is 8.33. The third-order valence-corrected chi connectivity index (χ3v) is 2.40. The van der Waals surface area contributed by atoms with E-state index in [0.29, 0.717) is 26.4 Å². The second-order valence-electron chi connectivity index (χ2n) is 4.28. The Labute approximate surface area is 144 Å². The van der Waals surface area contributed by atoms with Crippen molar-refractivity contribution in [2.75, 3.05) is 26.4 Å². The standard InChI is InChI=1S/C10H12O.C9H15NO3/c1-2-3-9-11-10-7-5-4-6-8-10;1-3-5-7-12-8-6-10-9(11)13-4-2/h2-8H,9H2,1H3;3,5,7H,1,4,6,8H2,2H3,(H,10,11)/b3-2-;7-5+. The molecular weight excluding hydrogens is 306 g/mol. The van der Waals surface area contributed by atoms with Crippen LogP contribution in [0.3, 0.4) is 0 Å². The Hall–Kier alpha value is -2.69. The lowest BCUT2D eigenvalue weighted by Crippen LogP contribution is -2.27. The molecule has 0 aromatic heterocycles. The SMILES string of the molecule is C/C=C\COc1ccccc1.C=C/C=C/OCCNC(=O)OCC. The Morgan fingerprint density at radius 3 is 2.67 bits per heavy atom. The molecule has 0 unspecified atom stereocenters. The highest BCUT2D eigenvalue weighted by molar-refractivity contribution is 5.66. The minimum atomic E-state index is -0.418. The molecular formula is C19H27NO4. The molecule has 0 aliphatic rings. The average molecular weight is 333 g/mol. The fourth-order valence-electron chi connectivity index (χ4n) is 1.33. The fourth-order valence-corrected chi connectivity index (χ4v) is 1.33. The van der Waals surface area contributed by atoms with Crippen molar-refractivity contribution in [1.82, 2.24) is 5.32 Å². The summed E-state index contributed by atoms with van der Waals surface area (Å²) in [4.78, 5) is 10.7. The summed E-state index contributed by atoms with van der Waals surface area (Å²) in [5.74, 6) is 0.922. The van der Waals surface area contributed by atoms with Gasteiger partial charge in [0.05, 0.1) is 19.4 Å². The Kier molecular flexibility index (Phi) is 14.8. The van der Waals surface area contributed by atoms with Crippen molar-refractivity contribution in [3.8, 4) is 5.75 Å². The van der Waals surface area contributed by atoms with E-state index in [0.717, 1.165) is 5.75 Å². The Bertz CT molecular complexity index is 483. The number of allylic oxidation sites excluding steroid dienone is 3. The van der Waals surface area contributed by atoms with Crippen molar-refractivity contribution in [2.24, 2.45) is 0 Å². The zero-order valence-electron chi connectivity index (χ0n) is 14.4. The van der Waals surface area contributed by atoms with E-state index in [2.05, 4.69) is 16.6 Å². The summed E-state index contributed by atoms with van der Waals surface area (Å²) < 4.78 is 15.0. The van der Waals surface area contributed by atoms with Crippen LogP contribution in [0.4, 0.5) is 4.79 Å². The topological polar surface area (TPSA) is 56.8 Å². The second-order valence-corrected chi connectivity index (χ2v) is 4.28. The number of para-hydroxylation sites is 1. The van der Waals surface area contributed by atoms with Crippen molar-refractivity contribution >= 4 is 6.09 Å². The van der Waals surface area contributed by atoms with Gasteiger partial charge in [0.2, 0.25) is 0 Å². The molecule has 1 amide bonds. The first-order valence-corrected chi connectivity index (χ1v) is 7.83. The molecule has 5 heteroatoms. The summed E-state index contributed by atoms with van der Waals surface area (Å²) in [5, 5.41) is 2.51. The molecule has 0 atom stereocenters. The van der Waals surface area contributed by atoms with Gasteiger partial charge in [-0.3, -0.25) is 0 Å². The second kappa shape index (κ2) is 16.7. The largest absolute Gasteiger partial charge is 0.499 e. The highest BCUT2D eigenvalue weighted by atomic mass is 16.5. The molecule has 1 N–H and O–H groups in total. The van der Waals surface area contributed by atoms with Crippen LogP contribution in [0.1, 0.15) is 13.8 Å². The molecule has 0 heterocycles. The van der Waals surface area contributed by atoms with Crippen molar-refractivity contribution in [1.29, 1.82) is 0 Å². The van der Waals surface area contributed by atoms with Crippen LogP contribution >= 0.6 is 0 Å². The molecule has 0 bridgehead atoms. The number of amides is 1. The van der Waals surface area contributed by atoms with Gasteiger partial charge in [-0.2, -0.15) is 0 Å². The van der Waals surface area contributed by atoms with Crippen LogP contribution in [0, 0.1) is 0 Å². The summed E-state index contributed by atoms with van der Waals surface area (Å²) in [6, 6.07) is 9.80. The molecule has 132 valence electrons.